The van der Waals surface area contributed by atoms with Crippen LogP contribution < -0.4 is 10.3 Å². The van der Waals surface area contributed by atoms with Gasteiger partial charge in [0.15, 0.2) is 0 Å². The van der Waals surface area contributed by atoms with Gasteiger partial charge in [-0.15, -0.1) is 0 Å². The Morgan fingerprint density at radius 2 is 1.81 bits per heavy atom. The Bertz CT molecular complexity index is 1040. The van der Waals surface area contributed by atoms with Crippen molar-refractivity contribution in [2.24, 2.45) is 5.92 Å². The highest BCUT2D eigenvalue weighted by molar-refractivity contribution is 7.90. The minimum atomic E-state index is -3.91. The van der Waals surface area contributed by atoms with E-state index in [1.807, 2.05) is 13.0 Å². The molecule has 0 aliphatic carbocycles. The quantitative estimate of drug-likeness (QED) is 0.849. The SMILES string of the molecule is Cc1ccc(S(=O)(=O)NC(=O)N2C[C@@H]3C[C@H](C2)c2cccc(=O)n2C3)cc1. The molecule has 7 nitrogen and oxygen atoms in total. The van der Waals surface area contributed by atoms with Crippen LogP contribution in [0, 0.1) is 12.8 Å². The molecule has 0 radical (unpaired) electrons. The number of aryl methyl sites for hydroxylation is 1. The van der Waals surface area contributed by atoms with E-state index in [1.54, 1.807) is 33.7 Å². The first kappa shape index (κ1) is 17.8. The third-order valence-electron chi connectivity index (χ3n) is 5.32. The lowest BCUT2D eigenvalue weighted by molar-refractivity contribution is 0.134. The number of nitrogens with one attached hydrogen (secondary N) is 1. The number of pyridine rings is 1. The van der Waals surface area contributed by atoms with Crippen molar-refractivity contribution in [2.75, 3.05) is 13.1 Å². The number of hydrogen-bond donors (Lipinski definition) is 1. The zero-order valence-corrected chi connectivity index (χ0v) is 15.8. The van der Waals surface area contributed by atoms with E-state index in [4.69, 9.17) is 0 Å². The molecule has 2 atom stereocenters. The maximum absolute atomic E-state index is 12.6. The molecule has 2 bridgehead atoms. The van der Waals surface area contributed by atoms with Crippen molar-refractivity contribution < 1.29 is 13.2 Å². The molecular formula is C19H21N3O4S. The third-order valence-corrected chi connectivity index (χ3v) is 6.66. The second-order valence-electron chi connectivity index (χ2n) is 7.33. The van der Waals surface area contributed by atoms with E-state index in [-0.39, 0.29) is 22.3 Å². The number of rotatable bonds is 2. The Hall–Kier alpha value is -2.61. The fraction of sp³-hybridized carbons (Fsp3) is 0.368. The first-order valence-electron chi connectivity index (χ1n) is 8.91. The van der Waals surface area contributed by atoms with E-state index in [0.29, 0.717) is 19.6 Å². The van der Waals surface area contributed by atoms with Crippen LogP contribution in [0.3, 0.4) is 0 Å². The maximum atomic E-state index is 12.6. The molecule has 2 aromatic rings. The van der Waals surface area contributed by atoms with Crippen molar-refractivity contribution >= 4 is 16.1 Å². The summed E-state index contributed by atoms with van der Waals surface area (Å²) in [5.74, 6) is 0.184. The molecule has 2 aliphatic rings. The normalized spacial score (nSPS) is 21.4. The van der Waals surface area contributed by atoms with Crippen LogP contribution in [0.15, 0.2) is 52.2 Å². The molecule has 142 valence electrons. The monoisotopic (exact) mass is 387 g/mol. The molecule has 1 saturated heterocycles. The number of aromatic nitrogens is 1. The number of nitrogens with zero attached hydrogens (tertiary/aromatic N) is 2. The van der Waals surface area contributed by atoms with Crippen molar-refractivity contribution in [3.05, 3.63) is 64.1 Å². The number of carbonyl (C=O) groups is 1. The second-order valence-corrected chi connectivity index (χ2v) is 9.01. The lowest BCUT2D eigenvalue weighted by Crippen LogP contribution is -2.52. The highest BCUT2D eigenvalue weighted by atomic mass is 32.2. The fourth-order valence-electron chi connectivity index (χ4n) is 4.02. The van der Waals surface area contributed by atoms with Gasteiger partial charge in [-0.25, -0.2) is 17.9 Å². The minimum Gasteiger partial charge on any atom is -0.323 e. The molecule has 0 spiro atoms. The average Bonchev–Trinajstić information content (AvgIpc) is 2.62. The number of likely N-dealkylation sites (tertiary alicyclic amines) is 1. The predicted octanol–water partition coefficient (Wildman–Crippen LogP) is 1.67. The predicted molar refractivity (Wildman–Crippen MR) is 100 cm³/mol. The van der Waals surface area contributed by atoms with Gasteiger partial charge < -0.3 is 9.47 Å². The van der Waals surface area contributed by atoms with Crippen molar-refractivity contribution in [1.82, 2.24) is 14.2 Å². The summed E-state index contributed by atoms with van der Waals surface area (Å²) in [6.07, 6.45) is 0.901. The summed E-state index contributed by atoms with van der Waals surface area (Å²) < 4.78 is 28.9. The Morgan fingerprint density at radius 3 is 2.56 bits per heavy atom. The summed E-state index contributed by atoms with van der Waals surface area (Å²) in [6.45, 7) is 3.26. The van der Waals surface area contributed by atoms with Crippen LogP contribution >= 0.6 is 0 Å². The number of urea groups is 1. The summed E-state index contributed by atoms with van der Waals surface area (Å²) in [7, 11) is -3.91. The molecule has 1 aromatic heterocycles. The van der Waals surface area contributed by atoms with Gasteiger partial charge in [0.2, 0.25) is 0 Å². The zero-order valence-electron chi connectivity index (χ0n) is 15.0. The van der Waals surface area contributed by atoms with E-state index < -0.39 is 16.1 Å². The largest absolute Gasteiger partial charge is 0.331 e. The molecular weight excluding hydrogens is 366 g/mol. The highest BCUT2D eigenvalue weighted by Gasteiger charge is 2.37. The van der Waals surface area contributed by atoms with Crippen LogP contribution in [0.1, 0.15) is 23.6 Å². The Labute approximate surface area is 157 Å². The molecule has 3 heterocycles. The number of sulfonamides is 1. The molecule has 0 saturated carbocycles. The Morgan fingerprint density at radius 1 is 1.07 bits per heavy atom. The van der Waals surface area contributed by atoms with Gasteiger partial charge in [0, 0.05) is 37.3 Å². The maximum Gasteiger partial charge on any atom is 0.331 e. The van der Waals surface area contributed by atoms with Crippen molar-refractivity contribution in [3.63, 3.8) is 0 Å². The van der Waals surface area contributed by atoms with Crippen LogP contribution in [0.2, 0.25) is 0 Å². The van der Waals surface area contributed by atoms with E-state index in [9.17, 15) is 18.0 Å². The van der Waals surface area contributed by atoms with Gasteiger partial charge >= 0.3 is 6.03 Å². The van der Waals surface area contributed by atoms with E-state index in [1.165, 1.54) is 12.1 Å². The number of fused-ring (bicyclic) bond motifs is 4. The van der Waals surface area contributed by atoms with Crippen LogP contribution in [-0.4, -0.2) is 37.0 Å². The second kappa shape index (κ2) is 6.53. The summed E-state index contributed by atoms with van der Waals surface area (Å²) in [5.41, 5.74) is 1.83. The highest BCUT2D eigenvalue weighted by Crippen LogP contribution is 2.34. The standard InChI is InChI=1S/C19H21N3O4S/c1-13-5-7-16(8-6-13)27(25,26)20-19(24)21-10-14-9-15(12-21)17-3-2-4-18(23)22(17)11-14/h2-8,14-15H,9-12H2,1H3,(H,20,24)/t14-,15+/m0/s1. The van der Waals surface area contributed by atoms with Crippen LogP contribution in [-0.2, 0) is 16.6 Å². The van der Waals surface area contributed by atoms with Crippen LogP contribution in [0.4, 0.5) is 4.79 Å². The molecule has 8 heteroatoms. The van der Waals surface area contributed by atoms with Crippen molar-refractivity contribution in [3.8, 4) is 0 Å². The first-order chi connectivity index (χ1) is 12.8. The number of amides is 2. The Kier molecular flexibility index (Phi) is 4.30. The van der Waals surface area contributed by atoms with E-state index in [0.717, 1.165) is 17.7 Å². The molecule has 2 aliphatic heterocycles. The molecule has 1 fully saturated rings. The summed E-state index contributed by atoms with van der Waals surface area (Å²) in [6, 6.07) is 10.9. The van der Waals surface area contributed by atoms with Gasteiger partial charge in [-0.3, -0.25) is 4.79 Å². The summed E-state index contributed by atoms with van der Waals surface area (Å²) >= 11 is 0. The van der Waals surface area contributed by atoms with Gasteiger partial charge in [-0.05, 0) is 37.5 Å². The van der Waals surface area contributed by atoms with Crippen molar-refractivity contribution in [2.45, 2.75) is 30.7 Å². The fourth-order valence-corrected chi connectivity index (χ4v) is 4.99. The topological polar surface area (TPSA) is 88.5 Å². The summed E-state index contributed by atoms with van der Waals surface area (Å²) in [5, 5.41) is 0. The van der Waals surface area contributed by atoms with E-state index in [2.05, 4.69) is 4.72 Å². The van der Waals surface area contributed by atoms with E-state index >= 15 is 0 Å². The minimum absolute atomic E-state index is 0.0259. The average molecular weight is 387 g/mol. The lowest BCUT2D eigenvalue weighted by atomic mass is 9.83. The van der Waals surface area contributed by atoms with Crippen LogP contribution in [0.25, 0.3) is 0 Å². The molecule has 27 heavy (non-hydrogen) atoms. The molecule has 0 unspecified atom stereocenters. The lowest BCUT2D eigenvalue weighted by Gasteiger charge is -2.42. The number of carbonyl (C=O) groups excluding carboxylic acids is 1. The van der Waals surface area contributed by atoms with Crippen LogP contribution in [0.5, 0.6) is 0 Å². The molecule has 1 N–H and O–H groups in total. The number of hydrogen-bond acceptors (Lipinski definition) is 4. The van der Waals surface area contributed by atoms with Gasteiger partial charge in [0.1, 0.15) is 0 Å². The smallest absolute Gasteiger partial charge is 0.323 e. The Balaban J connectivity index is 1.53. The first-order valence-corrected chi connectivity index (χ1v) is 10.4. The van der Waals surface area contributed by atoms with Gasteiger partial charge in [-0.2, -0.15) is 0 Å². The molecule has 4 rings (SSSR count). The number of benzene rings is 1. The molecule has 2 amide bonds. The third kappa shape index (κ3) is 3.37. The van der Waals surface area contributed by atoms with Gasteiger partial charge in [0.25, 0.3) is 15.6 Å². The zero-order chi connectivity index (χ0) is 19.2. The van der Waals surface area contributed by atoms with Crippen molar-refractivity contribution in [1.29, 1.82) is 0 Å². The number of piperidine rings is 1. The molecule has 1 aromatic carbocycles. The summed E-state index contributed by atoms with van der Waals surface area (Å²) in [4.78, 5) is 26.3. The van der Waals surface area contributed by atoms with Gasteiger partial charge in [-0.1, -0.05) is 23.8 Å². The van der Waals surface area contributed by atoms with Gasteiger partial charge in [0.05, 0.1) is 4.90 Å².